The van der Waals surface area contributed by atoms with Gasteiger partial charge in [-0.05, 0) is 48.6 Å². The lowest BCUT2D eigenvalue weighted by atomic mass is 9.70. The van der Waals surface area contributed by atoms with Crippen molar-refractivity contribution in [1.29, 1.82) is 5.26 Å². The zero-order valence-electron chi connectivity index (χ0n) is 21.2. The summed E-state index contributed by atoms with van der Waals surface area (Å²) < 4.78 is 43.9. The molecule has 0 spiro atoms. The van der Waals surface area contributed by atoms with Crippen molar-refractivity contribution >= 4 is 52.1 Å². The number of aryl methyl sites for hydroxylation is 2. The van der Waals surface area contributed by atoms with E-state index in [1.54, 1.807) is 25.1 Å². The number of alkyl halides is 3. The van der Waals surface area contributed by atoms with Gasteiger partial charge in [0, 0.05) is 16.6 Å². The Hall–Kier alpha value is -3.30. The minimum atomic E-state index is -5.35. The third-order valence-corrected chi connectivity index (χ3v) is 8.73. The van der Waals surface area contributed by atoms with Crippen LogP contribution in [0, 0.1) is 31.1 Å². The Labute approximate surface area is 241 Å². The summed E-state index contributed by atoms with van der Waals surface area (Å²) in [7, 11) is 0. The second-order valence-corrected chi connectivity index (χ2v) is 11.6. The lowest BCUT2D eigenvalue weighted by Crippen LogP contribution is -2.66. The van der Waals surface area contributed by atoms with Crippen molar-refractivity contribution in [2.45, 2.75) is 31.7 Å². The summed E-state index contributed by atoms with van der Waals surface area (Å²) in [5, 5.41) is 27.3. The molecule has 0 fully saturated rings. The zero-order chi connectivity index (χ0) is 29.2. The van der Waals surface area contributed by atoms with E-state index in [0.29, 0.717) is 17.4 Å². The normalized spacial score (nSPS) is 20.9. The van der Waals surface area contributed by atoms with E-state index in [-0.39, 0.29) is 31.8 Å². The van der Waals surface area contributed by atoms with E-state index in [9.17, 15) is 33.1 Å². The van der Waals surface area contributed by atoms with Gasteiger partial charge in [-0.3, -0.25) is 9.59 Å². The van der Waals surface area contributed by atoms with E-state index in [1.165, 1.54) is 35.7 Å². The fourth-order valence-electron chi connectivity index (χ4n) is 4.60. The van der Waals surface area contributed by atoms with Crippen LogP contribution in [0.25, 0.3) is 0 Å². The summed E-state index contributed by atoms with van der Waals surface area (Å²) >= 11 is 7.92. The van der Waals surface area contributed by atoms with Gasteiger partial charge < -0.3 is 15.7 Å². The molecule has 208 valence electrons. The summed E-state index contributed by atoms with van der Waals surface area (Å²) in [5.74, 6) is -5.67. The molecule has 3 N–H and O–H groups in total. The van der Waals surface area contributed by atoms with Gasteiger partial charge in [-0.1, -0.05) is 65.3 Å². The highest BCUT2D eigenvalue weighted by Crippen LogP contribution is 2.52. The molecule has 3 aromatic rings. The van der Waals surface area contributed by atoms with E-state index >= 15 is 0 Å². The first-order valence-corrected chi connectivity index (χ1v) is 14.1. The molecule has 4 rings (SSSR count). The molecular formula is C28H23ClF3N3O3S2. The van der Waals surface area contributed by atoms with Gasteiger partial charge in [0.15, 0.2) is 5.78 Å². The van der Waals surface area contributed by atoms with Gasteiger partial charge in [-0.15, -0.1) is 11.3 Å². The van der Waals surface area contributed by atoms with E-state index in [1.807, 2.05) is 24.4 Å². The highest BCUT2D eigenvalue weighted by Gasteiger charge is 2.66. The minimum absolute atomic E-state index is 0.0206. The molecule has 0 saturated heterocycles. The summed E-state index contributed by atoms with van der Waals surface area (Å²) in [6, 6.07) is 16.1. The third kappa shape index (κ3) is 5.76. The molecule has 2 heterocycles. The first-order chi connectivity index (χ1) is 18.9. The molecule has 3 atom stereocenters. The van der Waals surface area contributed by atoms with Crippen LogP contribution in [0.15, 0.2) is 70.6 Å². The molecule has 0 aliphatic carbocycles. The second kappa shape index (κ2) is 11.7. The molecule has 1 amide bonds. The fraction of sp³-hybridized carbons (Fsp3) is 0.250. The standard InChI is InChI=1S/C28H23ClF3N3O3S2/c1-15-9-10-20(16(2)12-15)34-22(36)14-40-26-18(13-33)23(17-6-3-4-7-19(17)29)24(25(37)21-8-5-11-39-21)27(38,35-26)28(30,31)32/h3-12,23-24,35,38H,14H2,1-2H3,(H,34,36)/t23-,24-,27+/m1/s1. The molecule has 12 heteroatoms. The number of rotatable bonds is 7. The number of ketones is 1. The number of carbonyl (C=O) groups excluding carboxylic acids is 2. The number of carbonyl (C=O) groups is 2. The Balaban J connectivity index is 1.79. The Morgan fingerprint density at radius 2 is 1.93 bits per heavy atom. The maximum atomic E-state index is 14.6. The van der Waals surface area contributed by atoms with Crippen LogP contribution in [-0.2, 0) is 4.79 Å². The van der Waals surface area contributed by atoms with Crippen molar-refractivity contribution in [2.75, 3.05) is 11.1 Å². The number of nitrogens with zero attached hydrogens (tertiary/aromatic N) is 1. The van der Waals surface area contributed by atoms with Crippen molar-refractivity contribution in [2.24, 2.45) is 5.92 Å². The average molecular weight is 606 g/mol. The number of nitrogens with one attached hydrogen (secondary N) is 2. The number of halogens is 4. The molecule has 40 heavy (non-hydrogen) atoms. The van der Waals surface area contributed by atoms with Crippen molar-refractivity contribution in [3.63, 3.8) is 0 Å². The second-order valence-electron chi connectivity index (χ2n) is 9.22. The van der Waals surface area contributed by atoms with Crippen LogP contribution < -0.4 is 10.6 Å². The van der Waals surface area contributed by atoms with Crippen LogP contribution in [0.3, 0.4) is 0 Å². The lowest BCUT2D eigenvalue weighted by molar-refractivity contribution is -0.285. The molecule has 0 saturated carbocycles. The summed E-state index contributed by atoms with van der Waals surface area (Å²) in [5.41, 5.74) is -1.64. The molecule has 0 unspecified atom stereocenters. The highest BCUT2D eigenvalue weighted by atomic mass is 35.5. The first-order valence-electron chi connectivity index (χ1n) is 11.9. The molecular weight excluding hydrogens is 583 g/mol. The van der Waals surface area contributed by atoms with Crippen LogP contribution in [0.4, 0.5) is 18.9 Å². The van der Waals surface area contributed by atoms with Gasteiger partial charge in [0.05, 0.1) is 33.2 Å². The molecule has 0 radical (unpaired) electrons. The number of thiophene rings is 1. The largest absolute Gasteiger partial charge is 0.437 e. The monoisotopic (exact) mass is 605 g/mol. The van der Waals surface area contributed by atoms with E-state index in [2.05, 4.69) is 5.32 Å². The van der Waals surface area contributed by atoms with Crippen LogP contribution in [-0.4, -0.2) is 34.5 Å². The van der Waals surface area contributed by atoms with Gasteiger partial charge in [-0.25, -0.2) is 0 Å². The summed E-state index contributed by atoms with van der Waals surface area (Å²) in [6.45, 7) is 3.70. The molecule has 2 aromatic carbocycles. The number of nitriles is 1. The number of benzene rings is 2. The number of aliphatic hydroxyl groups is 1. The van der Waals surface area contributed by atoms with Crippen molar-refractivity contribution in [3.8, 4) is 6.07 Å². The van der Waals surface area contributed by atoms with Gasteiger partial charge in [0.1, 0.15) is 0 Å². The Kier molecular flexibility index (Phi) is 8.66. The van der Waals surface area contributed by atoms with Gasteiger partial charge in [0.2, 0.25) is 11.6 Å². The topological polar surface area (TPSA) is 102 Å². The summed E-state index contributed by atoms with van der Waals surface area (Å²) in [4.78, 5) is 26.3. The van der Waals surface area contributed by atoms with Crippen LogP contribution >= 0.6 is 34.7 Å². The maximum Gasteiger partial charge on any atom is 0.437 e. The Morgan fingerprint density at radius 3 is 2.52 bits per heavy atom. The predicted octanol–water partition coefficient (Wildman–Crippen LogP) is 6.56. The SMILES string of the molecule is Cc1ccc(NC(=O)CSC2=C(C#N)[C@@H](c3ccccc3Cl)[C@H](C(=O)c3cccs3)[C@](O)(C(F)(F)F)N2)c(C)c1. The number of amides is 1. The van der Waals surface area contributed by atoms with Gasteiger partial charge in [0.25, 0.3) is 0 Å². The van der Waals surface area contributed by atoms with Crippen LogP contribution in [0.2, 0.25) is 5.02 Å². The number of anilines is 1. The van der Waals surface area contributed by atoms with Gasteiger partial charge in [-0.2, -0.15) is 18.4 Å². The number of thioether (sulfide) groups is 1. The predicted molar refractivity (Wildman–Crippen MR) is 150 cm³/mol. The molecule has 1 aromatic heterocycles. The highest BCUT2D eigenvalue weighted by molar-refractivity contribution is 8.03. The van der Waals surface area contributed by atoms with Crippen LogP contribution in [0.5, 0.6) is 0 Å². The van der Waals surface area contributed by atoms with Crippen molar-refractivity contribution in [3.05, 3.63) is 97.2 Å². The smallest absolute Gasteiger partial charge is 0.363 e. The first kappa shape index (κ1) is 29.7. The maximum absolute atomic E-state index is 14.6. The van der Waals surface area contributed by atoms with Gasteiger partial charge >= 0.3 is 6.18 Å². The quantitative estimate of drug-likeness (QED) is 0.264. The van der Waals surface area contributed by atoms with E-state index < -0.39 is 35.4 Å². The summed E-state index contributed by atoms with van der Waals surface area (Å²) in [6.07, 6.45) is -5.35. The van der Waals surface area contributed by atoms with Crippen molar-refractivity contribution in [1.82, 2.24) is 5.32 Å². The van der Waals surface area contributed by atoms with Crippen molar-refractivity contribution < 1.29 is 27.9 Å². The fourth-order valence-corrected chi connectivity index (χ4v) is 6.46. The zero-order valence-corrected chi connectivity index (χ0v) is 23.6. The van der Waals surface area contributed by atoms with E-state index in [4.69, 9.17) is 11.6 Å². The lowest BCUT2D eigenvalue weighted by Gasteiger charge is -2.45. The van der Waals surface area contributed by atoms with Crippen LogP contribution in [0.1, 0.15) is 32.3 Å². The van der Waals surface area contributed by atoms with E-state index in [0.717, 1.165) is 22.5 Å². The third-order valence-electron chi connectivity index (χ3n) is 6.49. The number of hydrogen-bond donors (Lipinski definition) is 3. The Bertz CT molecular complexity index is 1520. The Morgan fingerprint density at radius 1 is 1.20 bits per heavy atom. The minimum Gasteiger partial charge on any atom is -0.363 e. The molecule has 1 aliphatic rings. The average Bonchev–Trinajstić information content (AvgIpc) is 3.43. The molecule has 1 aliphatic heterocycles. The molecule has 0 bridgehead atoms. The number of allylic oxidation sites excluding steroid dienone is 1. The number of Topliss-reactive ketones (excluding diaryl/α,β-unsaturated/α-hetero) is 1. The number of hydrogen-bond acceptors (Lipinski definition) is 7. The molecule has 6 nitrogen and oxygen atoms in total.